The van der Waals surface area contributed by atoms with Crippen LogP contribution in [-0.2, 0) is 4.79 Å². The highest BCUT2D eigenvalue weighted by Gasteiger charge is 2.54. The summed E-state index contributed by atoms with van der Waals surface area (Å²) in [4.78, 5) is 28.4. The molecule has 2 aliphatic rings. The van der Waals surface area contributed by atoms with Crippen LogP contribution < -0.4 is 5.32 Å². The molecule has 0 saturated carbocycles. The Balaban J connectivity index is 1.49. The van der Waals surface area contributed by atoms with Crippen molar-refractivity contribution in [2.45, 2.75) is 37.9 Å². The number of carbonyl (C=O) groups excluding carboxylic acids is 2. The molecule has 2 aromatic rings. The number of urea groups is 1. The Hall–Kier alpha value is -3.12. The van der Waals surface area contributed by atoms with E-state index < -0.39 is 0 Å². The number of hydrogen-bond donors (Lipinski definition) is 2. The second-order valence-electron chi connectivity index (χ2n) is 8.54. The van der Waals surface area contributed by atoms with Crippen molar-refractivity contribution in [3.63, 3.8) is 0 Å². The van der Waals surface area contributed by atoms with Crippen molar-refractivity contribution in [2.75, 3.05) is 19.7 Å². The second-order valence-corrected chi connectivity index (χ2v) is 8.54. The van der Waals surface area contributed by atoms with Crippen LogP contribution in [0.4, 0.5) is 4.79 Å². The maximum atomic E-state index is 12.7. The first-order chi connectivity index (χ1) is 15.0. The number of piperazine rings is 1. The first-order valence-corrected chi connectivity index (χ1v) is 10.8. The quantitative estimate of drug-likeness (QED) is 0.732. The lowest BCUT2D eigenvalue weighted by Gasteiger charge is -2.58. The summed E-state index contributed by atoms with van der Waals surface area (Å²) in [5, 5.41) is 12.8. The first-order valence-electron chi connectivity index (χ1n) is 10.8. The molecule has 3 atom stereocenters. The third kappa shape index (κ3) is 4.35. The first kappa shape index (κ1) is 21.1. The largest absolute Gasteiger partial charge is 0.394 e. The maximum absolute atomic E-state index is 12.7. The Morgan fingerprint density at radius 3 is 2.35 bits per heavy atom. The highest BCUT2D eigenvalue weighted by Crippen LogP contribution is 2.42. The van der Waals surface area contributed by atoms with Crippen LogP contribution in [0.25, 0.3) is 12.2 Å². The maximum Gasteiger partial charge on any atom is 0.318 e. The molecule has 2 aliphatic heterocycles. The van der Waals surface area contributed by atoms with Crippen LogP contribution in [0.5, 0.6) is 0 Å². The molecule has 2 heterocycles. The zero-order valence-corrected chi connectivity index (χ0v) is 17.9. The Kier molecular flexibility index (Phi) is 6.09. The van der Waals surface area contributed by atoms with Crippen LogP contribution in [-0.4, -0.2) is 64.7 Å². The molecule has 6 heteroatoms. The van der Waals surface area contributed by atoms with Gasteiger partial charge in [0.2, 0.25) is 5.91 Å². The van der Waals surface area contributed by atoms with E-state index in [4.69, 9.17) is 0 Å². The number of fused-ring (bicyclic) bond motifs is 1. The Labute approximate surface area is 183 Å². The zero-order valence-electron chi connectivity index (χ0n) is 17.9. The number of aliphatic hydroxyl groups is 1. The van der Waals surface area contributed by atoms with E-state index in [2.05, 4.69) is 53.9 Å². The van der Waals surface area contributed by atoms with Gasteiger partial charge in [0.1, 0.15) is 6.54 Å². The highest BCUT2D eigenvalue weighted by molar-refractivity contribution is 5.87. The zero-order chi connectivity index (χ0) is 22.0. The molecule has 3 amide bonds. The third-order valence-electron chi connectivity index (χ3n) is 6.04. The standard InChI is InChI=1S/C25H29N3O3/c1-17(2)26-25(31)27-14-21-24(22(16-29)28(21)23(30)15-27)20-12-10-19(11-13-20)9-8-18-6-4-3-5-7-18/h3-13,17,21-22,24,29H,14-16H2,1-2H3,(H,26,31)/b9-8+/t21-,22-,24+/m1/s1. The molecule has 31 heavy (non-hydrogen) atoms. The van der Waals surface area contributed by atoms with Crippen LogP contribution in [0.15, 0.2) is 54.6 Å². The van der Waals surface area contributed by atoms with Gasteiger partial charge < -0.3 is 20.2 Å². The van der Waals surface area contributed by atoms with Crippen molar-refractivity contribution in [3.05, 3.63) is 71.3 Å². The van der Waals surface area contributed by atoms with E-state index in [-0.39, 0.29) is 49.1 Å². The number of nitrogens with zero attached hydrogens (tertiary/aromatic N) is 2. The number of hydrogen-bond acceptors (Lipinski definition) is 3. The number of nitrogens with one attached hydrogen (secondary N) is 1. The van der Waals surface area contributed by atoms with Gasteiger partial charge in [-0.3, -0.25) is 4.79 Å². The highest BCUT2D eigenvalue weighted by atomic mass is 16.3. The van der Waals surface area contributed by atoms with E-state index in [1.807, 2.05) is 32.0 Å². The smallest absolute Gasteiger partial charge is 0.318 e. The van der Waals surface area contributed by atoms with Gasteiger partial charge in [-0.05, 0) is 30.5 Å². The van der Waals surface area contributed by atoms with Crippen molar-refractivity contribution in [1.29, 1.82) is 0 Å². The van der Waals surface area contributed by atoms with Gasteiger partial charge in [-0.25, -0.2) is 4.79 Å². The summed E-state index contributed by atoms with van der Waals surface area (Å²) in [6.45, 7) is 4.25. The van der Waals surface area contributed by atoms with Gasteiger partial charge in [-0.15, -0.1) is 0 Å². The fourth-order valence-corrected chi connectivity index (χ4v) is 4.58. The Morgan fingerprint density at radius 2 is 1.74 bits per heavy atom. The van der Waals surface area contributed by atoms with E-state index in [0.717, 1.165) is 16.7 Å². The summed E-state index contributed by atoms with van der Waals surface area (Å²) in [5.41, 5.74) is 3.31. The SMILES string of the molecule is CC(C)NC(=O)N1CC(=O)N2[C@H](CO)[C@@H](c3ccc(/C=C/c4ccccc4)cc3)[C@H]2C1. The van der Waals surface area contributed by atoms with Gasteiger partial charge >= 0.3 is 6.03 Å². The monoisotopic (exact) mass is 419 g/mol. The summed E-state index contributed by atoms with van der Waals surface area (Å²) in [6.07, 6.45) is 4.14. The topological polar surface area (TPSA) is 72.9 Å². The van der Waals surface area contributed by atoms with E-state index in [1.165, 1.54) is 0 Å². The van der Waals surface area contributed by atoms with Crippen molar-refractivity contribution < 1.29 is 14.7 Å². The summed E-state index contributed by atoms with van der Waals surface area (Å²) in [5.74, 6) is -0.0939. The van der Waals surface area contributed by atoms with Crippen LogP contribution in [0.1, 0.15) is 36.5 Å². The van der Waals surface area contributed by atoms with E-state index >= 15 is 0 Å². The molecule has 4 rings (SSSR count). The molecule has 2 fully saturated rings. The summed E-state index contributed by atoms with van der Waals surface area (Å²) < 4.78 is 0. The van der Waals surface area contributed by atoms with Crippen molar-refractivity contribution in [1.82, 2.24) is 15.1 Å². The molecular weight excluding hydrogens is 390 g/mol. The molecule has 2 N–H and O–H groups in total. The van der Waals surface area contributed by atoms with Crippen LogP contribution >= 0.6 is 0 Å². The number of rotatable bonds is 5. The predicted octanol–water partition coefficient (Wildman–Crippen LogP) is 2.95. The fourth-order valence-electron chi connectivity index (χ4n) is 4.58. The minimum absolute atomic E-state index is 0.00996. The lowest BCUT2D eigenvalue weighted by molar-refractivity contribution is -0.159. The average Bonchev–Trinajstić information content (AvgIpc) is 2.74. The summed E-state index contributed by atoms with van der Waals surface area (Å²) in [7, 11) is 0. The predicted molar refractivity (Wildman–Crippen MR) is 121 cm³/mol. The van der Waals surface area contributed by atoms with E-state index in [9.17, 15) is 14.7 Å². The molecule has 0 aliphatic carbocycles. The molecule has 0 unspecified atom stereocenters. The fraction of sp³-hybridized carbons (Fsp3) is 0.360. The van der Waals surface area contributed by atoms with E-state index in [0.29, 0.717) is 6.54 Å². The Bertz CT molecular complexity index is 956. The summed E-state index contributed by atoms with van der Waals surface area (Å²) >= 11 is 0. The van der Waals surface area contributed by atoms with Crippen molar-refractivity contribution in [2.24, 2.45) is 0 Å². The van der Waals surface area contributed by atoms with Gasteiger partial charge in [0, 0.05) is 18.5 Å². The van der Waals surface area contributed by atoms with E-state index in [1.54, 1.807) is 9.80 Å². The van der Waals surface area contributed by atoms with Crippen LogP contribution in [0.2, 0.25) is 0 Å². The third-order valence-corrected chi connectivity index (χ3v) is 6.04. The van der Waals surface area contributed by atoms with Crippen molar-refractivity contribution in [3.8, 4) is 0 Å². The molecule has 0 bridgehead atoms. The molecular formula is C25H29N3O3. The lowest BCUT2D eigenvalue weighted by atomic mass is 9.73. The molecule has 0 aromatic heterocycles. The second kappa shape index (κ2) is 8.94. The van der Waals surface area contributed by atoms with Gasteiger partial charge in [0.05, 0.1) is 18.7 Å². The summed E-state index contributed by atoms with van der Waals surface area (Å²) in [6, 6.07) is 17.8. The number of benzene rings is 2. The normalized spacial score (nSPS) is 23.1. The van der Waals surface area contributed by atoms with Crippen molar-refractivity contribution >= 4 is 24.1 Å². The number of carbonyl (C=O) groups is 2. The molecule has 2 saturated heterocycles. The number of aliphatic hydroxyl groups excluding tert-OH is 1. The Morgan fingerprint density at radius 1 is 1.10 bits per heavy atom. The molecule has 162 valence electrons. The van der Waals surface area contributed by atoms with Gasteiger partial charge in [-0.1, -0.05) is 66.7 Å². The molecule has 0 spiro atoms. The van der Waals surface area contributed by atoms with Crippen LogP contribution in [0, 0.1) is 0 Å². The van der Waals surface area contributed by atoms with Crippen LogP contribution in [0.3, 0.4) is 0 Å². The number of amides is 3. The van der Waals surface area contributed by atoms with Gasteiger partial charge in [0.15, 0.2) is 0 Å². The van der Waals surface area contributed by atoms with Gasteiger partial charge in [0.25, 0.3) is 0 Å². The molecule has 0 radical (unpaired) electrons. The van der Waals surface area contributed by atoms with Gasteiger partial charge in [-0.2, -0.15) is 0 Å². The lowest BCUT2D eigenvalue weighted by Crippen LogP contribution is -2.74. The minimum Gasteiger partial charge on any atom is -0.394 e. The minimum atomic E-state index is -0.237. The average molecular weight is 420 g/mol. The molecule has 6 nitrogen and oxygen atoms in total. The molecule has 2 aromatic carbocycles.